The van der Waals surface area contributed by atoms with Gasteiger partial charge in [0.2, 0.25) is 0 Å². The van der Waals surface area contributed by atoms with Crippen LogP contribution < -0.4 is 10.2 Å². The molecular weight excluding hydrogens is 265 g/mol. The van der Waals surface area contributed by atoms with Crippen LogP contribution in [0.2, 0.25) is 0 Å². The summed E-state index contributed by atoms with van der Waals surface area (Å²) >= 11 is 0. The van der Waals surface area contributed by atoms with Gasteiger partial charge in [0.15, 0.2) is 0 Å². The van der Waals surface area contributed by atoms with Crippen LogP contribution in [0.25, 0.3) is 0 Å². The SMILES string of the molecule is CCNCc1cc(F)ccc1N(C)CC1(N(C)C)CCC1. The van der Waals surface area contributed by atoms with Crippen LogP contribution in [0.15, 0.2) is 18.2 Å². The summed E-state index contributed by atoms with van der Waals surface area (Å²) in [6, 6.07) is 5.12. The molecule has 0 aromatic heterocycles. The zero-order chi connectivity index (χ0) is 15.5. The van der Waals surface area contributed by atoms with E-state index in [1.165, 1.54) is 19.3 Å². The van der Waals surface area contributed by atoms with Crippen molar-refractivity contribution in [2.45, 2.75) is 38.3 Å². The number of benzene rings is 1. The maximum absolute atomic E-state index is 13.5. The number of rotatable bonds is 7. The fourth-order valence-corrected chi connectivity index (χ4v) is 3.19. The number of likely N-dealkylation sites (N-methyl/N-ethyl adjacent to an activating group) is 2. The van der Waals surface area contributed by atoms with Gasteiger partial charge in [0.25, 0.3) is 0 Å². The molecule has 1 saturated carbocycles. The van der Waals surface area contributed by atoms with Crippen molar-refractivity contribution in [2.75, 3.05) is 39.1 Å². The minimum absolute atomic E-state index is 0.161. The van der Waals surface area contributed by atoms with Crippen LogP contribution in [0.1, 0.15) is 31.7 Å². The van der Waals surface area contributed by atoms with E-state index in [1.807, 2.05) is 6.07 Å². The second-order valence-electron chi connectivity index (χ2n) is 6.38. The minimum Gasteiger partial charge on any atom is -0.372 e. The van der Waals surface area contributed by atoms with Crippen LogP contribution in [0.4, 0.5) is 10.1 Å². The summed E-state index contributed by atoms with van der Waals surface area (Å²) in [7, 11) is 6.45. The molecule has 1 aliphatic rings. The Hall–Kier alpha value is -1.13. The lowest BCUT2D eigenvalue weighted by atomic mass is 9.75. The van der Waals surface area contributed by atoms with Crippen molar-refractivity contribution in [3.8, 4) is 0 Å². The van der Waals surface area contributed by atoms with Crippen LogP contribution in [-0.4, -0.2) is 44.7 Å². The molecule has 0 bridgehead atoms. The second kappa shape index (κ2) is 6.75. The molecule has 0 spiro atoms. The third-order valence-electron chi connectivity index (χ3n) is 4.78. The first-order valence-electron chi connectivity index (χ1n) is 7.86. The highest BCUT2D eigenvalue weighted by Crippen LogP contribution is 2.37. The zero-order valence-corrected chi connectivity index (χ0v) is 13.7. The molecule has 0 radical (unpaired) electrons. The van der Waals surface area contributed by atoms with Crippen molar-refractivity contribution in [3.05, 3.63) is 29.6 Å². The van der Waals surface area contributed by atoms with E-state index in [-0.39, 0.29) is 11.4 Å². The van der Waals surface area contributed by atoms with E-state index in [0.717, 1.165) is 24.3 Å². The van der Waals surface area contributed by atoms with Gasteiger partial charge in [-0.2, -0.15) is 0 Å². The van der Waals surface area contributed by atoms with Gasteiger partial charge in [0, 0.05) is 31.4 Å². The van der Waals surface area contributed by atoms with Crippen LogP contribution >= 0.6 is 0 Å². The topological polar surface area (TPSA) is 18.5 Å². The molecular formula is C17H28FN3. The molecule has 0 aliphatic heterocycles. The first kappa shape index (κ1) is 16.2. The number of hydrogen-bond acceptors (Lipinski definition) is 3. The second-order valence-corrected chi connectivity index (χ2v) is 6.38. The molecule has 1 N–H and O–H groups in total. The Morgan fingerprint density at radius 1 is 1.24 bits per heavy atom. The molecule has 118 valence electrons. The summed E-state index contributed by atoms with van der Waals surface area (Å²) in [5, 5.41) is 3.30. The highest BCUT2D eigenvalue weighted by Gasteiger charge is 2.40. The lowest BCUT2D eigenvalue weighted by Gasteiger charge is -2.49. The largest absolute Gasteiger partial charge is 0.372 e. The summed E-state index contributed by atoms with van der Waals surface area (Å²) in [6.07, 6.45) is 3.79. The number of anilines is 1. The van der Waals surface area contributed by atoms with Crippen molar-refractivity contribution in [2.24, 2.45) is 0 Å². The Balaban J connectivity index is 2.16. The van der Waals surface area contributed by atoms with Gasteiger partial charge in [-0.1, -0.05) is 6.92 Å². The normalized spacial score (nSPS) is 16.9. The average Bonchev–Trinajstić information content (AvgIpc) is 2.39. The molecule has 2 rings (SSSR count). The van der Waals surface area contributed by atoms with Crippen LogP contribution in [0.5, 0.6) is 0 Å². The van der Waals surface area contributed by atoms with Gasteiger partial charge in [0.05, 0.1) is 0 Å². The maximum Gasteiger partial charge on any atom is 0.123 e. The number of hydrogen-bond donors (Lipinski definition) is 1. The number of nitrogens with one attached hydrogen (secondary N) is 1. The van der Waals surface area contributed by atoms with Crippen LogP contribution in [0.3, 0.4) is 0 Å². The fraction of sp³-hybridized carbons (Fsp3) is 0.647. The Labute approximate surface area is 128 Å². The Bertz CT molecular complexity index is 469. The molecule has 3 nitrogen and oxygen atoms in total. The van der Waals surface area contributed by atoms with Gasteiger partial charge >= 0.3 is 0 Å². The third-order valence-corrected chi connectivity index (χ3v) is 4.78. The van der Waals surface area contributed by atoms with E-state index in [0.29, 0.717) is 6.54 Å². The van der Waals surface area contributed by atoms with Crippen molar-refractivity contribution >= 4 is 5.69 Å². The number of nitrogens with zero attached hydrogens (tertiary/aromatic N) is 2. The molecule has 0 amide bonds. The quantitative estimate of drug-likeness (QED) is 0.834. The van der Waals surface area contributed by atoms with Gasteiger partial charge in [-0.15, -0.1) is 0 Å². The van der Waals surface area contributed by atoms with Crippen molar-refractivity contribution in [1.29, 1.82) is 0 Å². The Kier molecular flexibility index (Phi) is 5.22. The first-order chi connectivity index (χ1) is 9.98. The molecule has 21 heavy (non-hydrogen) atoms. The molecule has 0 saturated heterocycles. The van der Waals surface area contributed by atoms with Crippen molar-refractivity contribution < 1.29 is 4.39 Å². The summed E-state index contributed by atoms with van der Waals surface area (Å²) in [5.41, 5.74) is 2.44. The van der Waals surface area contributed by atoms with Crippen LogP contribution in [-0.2, 0) is 6.54 Å². The first-order valence-corrected chi connectivity index (χ1v) is 7.86. The van der Waals surface area contributed by atoms with Gasteiger partial charge in [-0.25, -0.2) is 4.39 Å². The molecule has 0 heterocycles. The summed E-state index contributed by atoms with van der Waals surface area (Å²) in [4.78, 5) is 4.63. The molecule has 1 aliphatic carbocycles. The lowest BCUT2D eigenvalue weighted by Crippen LogP contribution is -2.56. The third kappa shape index (κ3) is 3.55. The predicted molar refractivity (Wildman–Crippen MR) is 87.3 cm³/mol. The standard InChI is InChI=1S/C17H28FN3/c1-5-19-12-14-11-15(18)7-8-16(14)21(4)13-17(20(2)3)9-6-10-17/h7-8,11,19H,5-6,9-10,12-13H2,1-4H3. The van der Waals surface area contributed by atoms with E-state index in [4.69, 9.17) is 0 Å². The monoisotopic (exact) mass is 293 g/mol. The molecule has 0 atom stereocenters. The van der Waals surface area contributed by atoms with Gasteiger partial charge in [-0.05, 0) is 63.7 Å². The maximum atomic E-state index is 13.5. The van der Waals surface area contributed by atoms with Gasteiger partial charge in [0.1, 0.15) is 5.82 Å². The minimum atomic E-state index is -0.161. The van der Waals surface area contributed by atoms with Crippen molar-refractivity contribution in [1.82, 2.24) is 10.2 Å². The smallest absolute Gasteiger partial charge is 0.123 e. The molecule has 1 fully saturated rings. The molecule has 0 unspecified atom stereocenters. The van der Waals surface area contributed by atoms with E-state index in [2.05, 4.69) is 43.2 Å². The summed E-state index contributed by atoms with van der Waals surface area (Å²) in [6.45, 7) is 4.66. The highest BCUT2D eigenvalue weighted by molar-refractivity contribution is 5.53. The van der Waals surface area contributed by atoms with E-state index in [9.17, 15) is 4.39 Å². The van der Waals surface area contributed by atoms with Gasteiger partial charge < -0.3 is 15.1 Å². The van der Waals surface area contributed by atoms with Gasteiger partial charge in [-0.3, -0.25) is 0 Å². The molecule has 1 aromatic carbocycles. The molecule has 1 aromatic rings. The molecule has 4 heteroatoms. The summed E-state index contributed by atoms with van der Waals surface area (Å²) in [5.74, 6) is -0.161. The average molecular weight is 293 g/mol. The fourth-order valence-electron chi connectivity index (χ4n) is 3.19. The predicted octanol–water partition coefficient (Wildman–Crippen LogP) is 2.86. The Morgan fingerprint density at radius 2 is 1.95 bits per heavy atom. The van der Waals surface area contributed by atoms with E-state index >= 15 is 0 Å². The summed E-state index contributed by atoms with van der Waals surface area (Å²) < 4.78 is 13.5. The van der Waals surface area contributed by atoms with Crippen molar-refractivity contribution in [3.63, 3.8) is 0 Å². The van der Waals surface area contributed by atoms with Crippen LogP contribution in [0, 0.1) is 5.82 Å². The van der Waals surface area contributed by atoms with E-state index < -0.39 is 0 Å². The highest BCUT2D eigenvalue weighted by atomic mass is 19.1. The lowest BCUT2D eigenvalue weighted by molar-refractivity contribution is 0.0683. The van der Waals surface area contributed by atoms with E-state index in [1.54, 1.807) is 12.1 Å². The number of halogens is 1. The Morgan fingerprint density at radius 3 is 2.48 bits per heavy atom. The zero-order valence-electron chi connectivity index (χ0n) is 13.7.